The predicted octanol–water partition coefficient (Wildman–Crippen LogP) is 3.57. The SMILES string of the molecule is CC(=O)O[C@@H]1CN[C@H](Cc2c[nH]c3ncccc23)C1.CO.CO[C@H](C)[C@H](NC(=O)OC(C)(C)C)C(=O)N1C[C@@H](OC(C)=O)C[C@H]1Cc1c[nH]c2ncccc12. The molecule has 6 heterocycles. The van der Waals surface area contributed by atoms with Gasteiger partial charge in [-0.05, 0) is 75.9 Å². The molecule has 6 atom stereocenters. The van der Waals surface area contributed by atoms with Crippen LogP contribution < -0.4 is 10.6 Å². The summed E-state index contributed by atoms with van der Waals surface area (Å²) in [4.78, 5) is 65.3. The van der Waals surface area contributed by atoms with Gasteiger partial charge in [-0.3, -0.25) is 14.4 Å². The Bertz CT molecular complexity index is 1890. The third kappa shape index (κ3) is 12.0. The van der Waals surface area contributed by atoms with Gasteiger partial charge in [0.05, 0.1) is 12.6 Å². The summed E-state index contributed by atoms with van der Waals surface area (Å²) in [6.45, 7) is 10.7. The van der Waals surface area contributed by atoms with E-state index >= 15 is 0 Å². The molecule has 0 aromatic carbocycles. The van der Waals surface area contributed by atoms with Crippen molar-refractivity contribution in [1.82, 2.24) is 35.5 Å². The van der Waals surface area contributed by atoms with Gasteiger partial charge >= 0.3 is 18.0 Å². The number of hydrogen-bond acceptors (Lipinski definition) is 12. The summed E-state index contributed by atoms with van der Waals surface area (Å²) < 4.78 is 21.4. The van der Waals surface area contributed by atoms with Gasteiger partial charge in [0.25, 0.3) is 0 Å². The number of rotatable bonds is 10. The van der Waals surface area contributed by atoms with Crippen LogP contribution in [0.5, 0.6) is 0 Å². The molecular formula is C39H55N7O9. The Morgan fingerprint density at radius 2 is 1.47 bits per heavy atom. The number of H-pyrrole nitrogens is 2. The number of nitrogens with one attached hydrogen (secondary N) is 4. The van der Waals surface area contributed by atoms with Crippen LogP contribution in [0.3, 0.4) is 0 Å². The maximum Gasteiger partial charge on any atom is 0.408 e. The molecule has 2 amide bonds. The van der Waals surface area contributed by atoms with Crippen LogP contribution in [0.1, 0.15) is 65.5 Å². The van der Waals surface area contributed by atoms with Crippen molar-refractivity contribution in [3.8, 4) is 0 Å². The number of esters is 2. The number of hydrogen-bond donors (Lipinski definition) is 5. The van der Waals surface area contributed by atoms with Gasteiger partial charge in [0.1, 0.15) is 35.1 Å². The highest BCUT2D eigenvalue weighted by atomic mass is 16.6. The van der Waals surface area contributed by atoms with E-state index in [1.807, 2.05) is 30.6 Å². The van der Waals surface area contributed by atoms with Crippen LogP contribution >= 0.6 is 0 Å². The molecule has 6 rings (SSSR count). The molecule has 0 radical (unpaired) electrons. The van der Waals surface area contributed by atoms with Crippen molar-refractivity contribution < 1.29 is 43.2 Å². The van der Waals surface area contributed by atoms with Gasteiger partial charge in [-0.15, -0.1) is 0 Å². The molecular weight excluding hydrogens is 710 g/mol. The van der Waals surface area contributed by atoms with Crippen LogP contribution in [0.4, 0.5) is 4.79 Å². The standard InChI is InChI=1S/C24H34N4O6.C14H17N3O2.CH4O/c1-14(32-6)20(27-23(31)34-24(3,4)5)22(30)28-13-18(33-15(2)29)11-17(28)10-16-12-26-21-19(16)8-7-9-25-21;1-9(18)19-12-6-11(16-8-12)5-10-7-17-14-13(10)3-2-4-15-14;1-2/h7-9,12,14,17-18,20H,10-11,13H2,1-6H3,(H,25,26)(H,27,31);2-4,7,11-12,16H,5-6,8H2,1H3,(H,15,17);2H,1H3/t14-,17-,18+,20+;11-,12+;/m11./s1. The summed E-state index contributed by atoms with van der Waals surface area (Å²) in [7, 11) is 2.48. The first-order valence-electron chi connectivity index (χ1n) is 18.4. The summed E-state index contributed by atoms with van der Waals surface area (Å²) in [6.07, 6.45) is 8.46. The smallest absolute Gasteiger partial charge is 0.408 e. The Kier molecular flexibility index (Phi) is 15.1. The number of carbonyl (C=O) groups excluding carboxylic acids is 4. The molecule has 300 valence electrons. The number of fused-ring (bicyclic) bond motifs is 2. The van der Waals surface area contributed by atoms with E-state index in [2.05, 4.69) is 36.6 Å². The van der Waals surface area contributed by atoms with Crippen molar-refractivity contribution in [2.24, 2.45) is 0 Å². The number of methoxy groups -OCH3 is 1. The lowest BCUT2D eigenvalue weighted by atomic mass is 10.0. The molecule has 5 N–H and O–H groups in total. The Labute approximate surface area is 321 Å². The molecule has 0 unspecified atom stereocenters. The maximum absolute atomic E-state index is 13.7. The van der Waals surface area contributed by atoms with E-state index in [1.54, 1.807) is 45.0 Å². The molecule has 16 heteroatoms. The zero-order chi connectivity index (χ0) is 40.3. The Hall–Kier alpha value is -5.06. The van der Waals surface area contributed by atoms with E-state index in [0.717, 1.165) is 48.7 Å². The summed E-state index contributed by atoms with van der Waals surface area (Å²) in [6, 6.07) is 6.99. The lowest BCUT2D eigenvalue weighted by molar-refractivity contribution is -0.147. The monoisotopic (exact) mass is 765 g/mol. The lowest BCUT2D eigenvalue weighted by Crippen LogP contribution is -2.56. The van der Waals surface area contributed by atoms with Crippen molar-refractivity contribution in [1.29, 1.82) is 0 Å². The molecule has 0 spiro atoms. The minimum Gasteiger partial charge on any atom is -0.461 e. The molecule has 2 aliphatic rings. The minimum atomic E-state index is -0.969. The van der Waals surface area contributed by atoms with Gasteiger partial charge in [-0.2, -0.15) is 0 Å². The van der Waals surface area contributed by atoms with E-state index in [-0.39, 0.29) is 30.6 Å². The molecule has 4 aromatic rings. The van der Waals surface area contributed by atoms with Crippen LogP contribution in [0.25, 0.3) is 22.1 Å². The molecule has 16 nitrogen and oxygen atoms in total. The summed E-state index contributed by atoms with van der Waals surface area (Å²) >= 11 is 0. The topological polar surface area (TPSA) is 210 Å². The number of likely N-dealkylation sites (tertiary alicyclic amines) is 1. The normalized spacial score (nSPS) is 20.4. The Morgan fingerprint density at radius 3 is 2.02 bits per heavy atom. The number of aromatic amines is 2. The fourth-order valence-electron chi connectivity index (χ4n) is 6.93. The first-order chi connectivity index (χ1) is 26.2. The van der Waals surface area contributed by atoms with Crippen molar-refractivity contribution >= 4 is 46.0 Å². The molecule has 4 aromatic heterocycles. The largest absolute Gasteiger partial charge is 0.461 e. The van der Waals surface area contributed by atoms with Crippen molar-refractivity contribution in [2.45, 2.75) is 109 Å². The third-order valence-electron chi connectivity index (χ3n) is 9.28. The molecule has 0 bridgehead atoms. The summed E-state index contributed by atoms with van der Waals surface area (Å²) in [5, 5.41) is 15.2. The first-order valence-corrected chi connectivity index (χ1v) is 18.4. The van der Waals surface area contributed by atoms with Gasteiger partial charge in [0.15, 0.2) is 0 Å². The number of pyridine rings is 2. The number of nitrogens with zero attached hydrogens (tertiary/aromatic N) is 3. The highest BCUT2D eigenvalue weighted by Gasteiger charge is 2.42. The number of amides is 2. The second-order valence-electron chi connectivity index (χ2n) is 14.6. The maximum atomic E-state index is 13.7. The molecule has 55 heavy (non-hydrogen) atoms. The molecule has 0 aliphatic carbocycles. The zero-order valence-electron chi connectivity index (χ0n) is 32.9. The van der Waals surface area contributed by atoms with Crippen molar-refractivity contribution in [3.05, 3.63) is 60.2 Å². The number of carbonyl (C=O) groups is 4. The van der Waals surface area contributed by atoms with Crippen LogP contribution in [0, 0.1) is 0 Å². The van der Waals surface area contributed by atoms with E-state index in [1.165, 1.54) is 31.9 Å². The quantitative estimate of drug-likeness (QED) is 0.116. The second-order valence-corrected chi connectivity index (χ2v) is 14.6. The molecule has 2 aliphatic heterocycles. The van der Waals surface area contributed by atoms with Crippen LogP contribution in [0.15, 0.2) is 49.1 Å². The van der Waals surface area contributed by atoms with Gasteiger partial charge in [0, 0.05) is 95.1 Å². The van der Waals surface area contributed by atoms with E-state index in [0.29, 0.717) is 18.9 Å². The fraction of sp³-hybridized carbons (Fsp3) is 0.538. The fourth-order valence-corrected chi connectivity index (χ4v) is 6.93. The van der Waals surface area contributed by atoms with Crippen LogP contribution in [-0.4, -0.2) is 123 Å². The Morgan fingerprint density at radius 1 is 0.909 bits per heavy atom. The number of aromatic nitrogens is 4. The number of ether oxygens (including phenoxy) is 4. The highest BCUT2D eigenvalue weighted by molar-refractivity contribution is 5.87. The highest BCUT2D eigenvalue weighted by Crippen LogP contribution is 2.28. The first kappa shape index (κ1) is 42.7. The molecule has 2 saturated heterocycles. The number of alkyl carbamates (subject to hydrolysis) is 1. The van der Waals surface area contributed by atoms with E-state index in [9.17, 15) is 19.2 Å². The zero-order valence-corrected chi connectivity index (χ0v) is 32.9. The van der Waals surface area contributed by atoms with Gasteiger partial charge < -0.3 is 49.6 Å². The van der Waals surface area contributed by atoms with Crippen molar-refractivity contribution in [3.63, 3.8) is 0 Å². The lowest BCUT2D eigenvalue weighted by Gasteiger charge is -2.32. The van der Waals surface area contributed by atoms with Crippen LogP contribution in [-0.2, 0) is 46.2 Å². The van der Waals surface area contributed by atoms with Gasteiger partial charge in [-0.25, -0.2) is 14.8 Å². The van der Waals surface area contributed by atoms with E-state index < -0.39 is 35.9 Å². The molecule has 2 fully saturated rings. The predicted molar refractivity (Wildman–Crippen MR) is 205 cm³/mol. The van der Waals surface area contributed by atoms with Gasteiger partial charge in [0.2, 0.25) is 5.91 Å². The third-order valence-corrected chi connectivity index (χ3v) is 9.28. The van der Waals surface area contributed by atoms with Gasteiger partial charge in [-0.1, -0.05) is 0 Å². The summed E-state index contributed by atoms with van der Waals surface area (Å²) in [5.41, 5.74) is 3.23. The number of aliphatic hydroxyl groups excluding tert-OH is 1. The Balaban J connectivity index is 0.000000269. The van der Waals surface area contributed by atoms with Crippen molar-refractivity contribution in [2.75, 3.05) is 27.3 Å². The van der Waals surface area contributed by atoms with Crippen LogP contribution in [0.2, 0.25) is 0 Å². The molecule has 0 saturated carbocycles. The average molecular weight is 766 g/mol. The minimum absolute atomic E-state index is 0.00540. The average Bonchev–Trinajstić information content (AvgIpc) is 3.94. The van der Waals surface area contributed by atoms with E-state index in [4.69, 9.17) is 24.1 Å². The summed E-state index contributed by atoms with van der Waals surface area (Å²) in [5.74, 6) is -0.926. The second kappa shape index (κ2) is 19.5. The number of aliphatic hydroxyl groups is 1.